The van der Waals surface area contributed by atoms with Crippen molar-refractivity contribution in [3.8, 4) is 11.8 Å². The van der Waals surface area contributed by atoms with Gasteiger partial charge in [-0.25, -0.2) is 0 Å². The summed E-state index contributed by atoms with van der Waals surface area (Å²) in [5.74, 6) is 5.87. The number of rotatable bonds is 4. The molecule has 0 rings (SSSR count). The van der Waals surface area contributed by atoms with E-state index in [0.717, 1.165) is 19.4 Å². The first-order chi connectivity index (χ1) is 4.91. The molecule has 10 heavy (non-hydrogen) atoms. The van der Waals surface area contributed by atoms with E-state index < -0.39 is 0 Å². The average Bonchev–Trinajstić information content (AvgIpc) is 1.97. The predicted octanol–water partition coefficient (Wildman–Crippen LogP) is 2.22. The largest absolute Gasteiger partial charge is 0.369 e. The van der Waals surface area contributed by atoms with E-state index in [1.165, 1.54) is 6.42 Å². The molecule has 0 unspecified atom stereocenters. The van der Waals surface area contributed by atoms with E-state index in [2.05, 4.69) is 18.8 Å². The summed E-state index contributed by atoms with van der Waals surface area (Å²) in [6.45, 7) is 5.66. The summed E-state index contributed by atoms with van der Waals surface area (Å²) in [6, 6.07) is 0. The highest BCUT2D eigenvalue weighted by atomic mass is 16.5. The van der Waals surface area contributed by atoms with Crippen molar-refractivity contribution in [2.45, 2.75) is 33.1 Å². The minimum absolute atomic E-state index is 0.605. The van der Waals surface area contributed by atoms with E-state index in [-0.39, 0.29) is 0 Å². The molecule has 0 aliphatic carbocycles. The SMILES string of the molecule is CCC#CCOCCCC. The van der Waals surface area contributed by atoms with Gasteiger partial charge in [-0.1, -0.05) is 26.2 Å². The summed E-state index contributed by atoms with van der Waals surface area (Å²) in [5, 5.41) is 0. The molecule has 58 valence electrons. The standard InChI is InChI=1S/C9H16O/c1-3-5-7-9-10-8-6-4-2/h3-4,6,8-9H2,1-2H3. The van der Waals surface area contributed by atoms with Gasteiger partial charge in [-0.3, -0.25) is 0 Å². The Morgan fingerprint density at radius 1 is 1.20 bits per heavy atom. The van der Waals surface area contributed by atoms with Gasteiger partial charge in [-0.15, -0.1) is 5.92 Å². The van der Waals surface area contributed by atoms with Crippen molar-refractivity contribution in [2.24, 2.45) is 0 Å². The van der Waals surface area contributed by atoms with Crippen molar-refractivity contribution < 1.29 is 4.74 Å². The van der Waals surface area contributed by atoms with Gasteiger partial charge in [0, 0.05) is 13.0 Å². The monoisotopic (exact) mass is 140 g/mol. The number of unbranched alkanes of at least 4 members (excludes halogenated alkanes) is 1. The van der Waals surface area contributed by atoms with E-state index in [4.69, 9.17) is 4.74 Å². The van der Waals surface area contributed by atoms with E-state index in [1.807, 2.05) is 6.92 Å². The van der Waals surface area contributed by atoms with Crippen LogP contribution >= 0.6 is 0 Å². The van der Waals surface area contributed by atoms with Gasteiger partial charge in [-0.2, -0.15) is 0 Å². The van der Waals surface area contributed by atoms with Crippen molar-refractivity contribution in [1.82, 2.24) is 0 Å². The zero-order chi connectivity index (χ0) is 7.66. The Labute approximate surface area is 63.8 Å². The molecular weight excluding hydrogens is 124 g/mol. The second-order valence-corrected chi connectivity index (χ2v) is 2.11. The number of ether oxygens (including phenoxy) is 1. The summed E-state index contributed by atoms with van der Waals surface area (Å²) < 4.78 is 5.20. The molecule has 0 saturated carbocycles. The van der Waals surface area contributed by atoms with Gasteiger partial charge >= 0.3 is 0 Å². The van der Waals surface area contributed by atoms with Crippen LogP contribution in [-0.2, 0) is 4.74 Å². The minimum Gasteiger partial charge on any atom is -0.369 e. The van der Waals surface area contributed by atoms with Crippen LogP contribution in [0.5, 0.6) is 0 Å². The van der Waals surface area contributed by atoms with Crippen LogP contribution in [0.4, 0.5) is 0 Å². The maximum atomic E-state index is 5.20. The van der Waals surface area contributed by atoms with Crippen LogP contribution in [0, 0.1) is 11.8 Å². The molecule has 0 heterocycles. The highest BCUT2D eigenvalue weighted by molar-refractivity contribution is 4.97. The van der Waals surface area contributed by atoms with Crippen LogP contribution in [0.15, 0.2) is 0 Å². The molecule has 0 aromatic carbocycles. The lowest BCUT2D eigenvalue weighted by atomic mass is 10.4. The second-order valence-electron chi connectivity index (χ2n) is 2.11. The van der Waals surface area contributed by atoms with Crippen LogP contribution in [0.1, 0.15) is 33.1 Å². The Morgan fingerprint density at radius 2 is 2.00 bits per heavy atom. The molecule has 0 bridgehead atoms. The van der Waals surface area contributed by atoms with Gasteiger partial charge in [-0.05, 0) is 6.42 Å². The molecule has 0 N–H and O–H groups in total. The molecule has 0 radical (unpaired) electrons. The molecule has 0 fully saturated rings. The average molecular weight is 140 g/mol. The van der Waals surface area contributed by atoms with Crippen LogP contribution in [-0.4, -0.2) is 13.2 Å². The van der Waals surface area contributed by atoms with E-state index in [1.54, 1.807) is 0 Å². The first kappa shape index (κ1) is 9.52. The van der Waals surface area contributed by atoms with Gasteiger partial charge in [0.15, 0.2) is 0 Å². The summed E-state index contributed by atoms with van der Waals surface area (Å²) in [4.78, 5) is 0. The van der Waals surface area contributed by atoms with E-state index in [0.29, 0.717) is 6.61 Å². The summed E-state index contributed by atoms with van der Waals surface area (Å²) >= 11 is 0. The maximum absolute atomic E-state index is 5.20. The highest BCUT2D eigenvalue weighted by Crippen LogP contribution is 1.86. The lowest BCUT2D eigenvalue weighted by Gasteiger charge is -1.94. The van der Waals surface area contributed by atoms with Crippen LogP contribution in [0.25, 0.3) is 0 Å². The van der Waals surface area contributed by atoms with Crippen LogP contribution in [0.3, 0.4) is 0 Å². The molecule has 0 atom stereocenters. The minimum atomic E-state index is 0.605. The third-order valence-electron chi connectivity index (χ3n) is 1.12. The fraction of sp³-hybridized carbons (Fsp3) is 0.778. The molecule has 0 aromatic heterocycles. The highest BCUT2D eigenvalue weighted by Gasteiger charge is 1.80. The van der Waals surface area contributed by atoms with Crippen molar-refractivity contribution in [1.29, 1.82) is 0 Å². The van der Waals surface area contributed by atoms with Crippen molar-refractivity contribution in [2.75, 3.05) is 13.2 Å². The predicted molar refractivity (Wildman–Crippen MR) is 43.8 cm³/mol. The topological polar surface area (TPSA) is 9.23 Å². The summed E-state index contributed by atoms with van der Waals surface area (Å²) in [5.41, 5.74) is 0. The number of hydrogen-bond donors (Lipinski definition) is 0. The van der Waals surface area contributed by atoms with Crippen LogP contribution < -0.4 is 0 Å². The third-order valence-corrected chi connectivity index (χ3v) is 1.12. The molecule has 0 amide bonds. The van der Waals surface area contributed by atoms with Crippen LogP contribution in [0.2, 0.25) is 0 Å². The smallest absolute Gasteiger partial charge is 0.107 e. The molecule has 1 heteroatoms. The quantitative estimate of drug-likeness (QED) is 0.430. The van der Waals surface area contributed by atoms with Gasteiger partial charge in [0.25, 0.3) is 0 Å². The normalized spacial score (nSPS) is 8.60. The molecule has 0 saturated heterocycles. The lowest BCUT2D eigenvalue weighted by Crippen LogP contribution is -1.93. The first-order valence-electron chi connectivity index (χ1n) is 3.95. The Bertz CT molecular complexity index is 108. The zero-order valence-corrected chi connectivity index (χ0v) is 6.94. The molecule has 0 aromatic rings. The summed E-state index contributed by atoms with van der Waals surface area (Å²) in [6.07, 6.45) is 3.27. The van der Waals surface area contributed by atoms with Crippen molar-refractivity contribution in [3.05, 3.63) is 0 Å². The van der Waals surface area contributed by atoms with Crippen molar-refractivity contribution >= 4 is 0 Å². The fourth-order valence-electron chi connectivity index (χ4n) is 0.546. The van der Waals surface area contributed by atoms with Gasteiger partial charge in [0.05, 0.1) is 0 Å². The molecule has 0 aliphatic heterocycles. The fourth-order valence-corrected chi connectivity index (χ4v) is 0.546. The Balaban J connectivity index is 2.90. The van der Waals surface area contributed by atoms with Crippen molar-refractivity contribution in [3.63, 3.8) is 0 Å². The summed E-state index contributed by atoms with van der Waals surface area (Å²) in [7, 11) is 0. The van der Waals surface area contributed by atoms with Gasteiger partial charge in [0.2, 0.25) is 0 Å². The van der Waals surface area contributed by atoms with E-state index in [9.17, 15) is 0 Å². The Hall–Kier alpha value is -0.480. The van der Waals surface area contributed by atoms with Gasteiger partial charge in [0.1, 0.15) is 6.61 Å². The molecule has 0 aliphatic rings. The zero-order valence-electron chi connectivity index (χ0n) is 6.94. The Kier molecular flexibility index (Phi) is 8.11. The first-order valence-corrected chi connectivity index (χ1v) is 3.95. The molecule has 0 spiro atoms. The molecule has 1 nitrogen and oxygen atoms in total. The lowest BCUT2D eigenvalue weighted by molar-refractivity contribution is 0.163. The second kappa shape index (κ2) is 8.52. The van der Waals surface area contributed by atoms with E-state index >= 15 is 0 Å². The third kappa shape index (κ3) is 7.52. The van der Waals surface area contributed by atoms with Gasteiger partial charge < -0.3 is 4.74 Å². The maximum Gasteiger partial charge on any atom is 0.107 e. The molecular formula is C9H16O. The Morgan fingerprint density at radius 3 is 2.60 bits per heavy atom. The number of hydrogen-bond acceptors (Lipinski definition) is 1.